The number of nitriles is 1. The average molecular weight is 478 g/mol. The molecule has 1 fully saturated rings. The highest BCUT2D eigenvalue weighted by Crippen LogP contribution is 2.40. The molecule has 1 saturated heterocycles. The first-order chi connectivity index (χ1) is 15.9. The minimum atomic E-state index is -0.0591. The van der Waals surface area contributed by atoms with Gasteiger partial charge >= 0.3 is 0 Å². The highest BCUT2D eigenvalue weighted by atomic mass is 35.5. The molecule has 0 saturated carbocycles. The van der Waals surface area contributed by atoms with Gasteiger partial charge in [0, 0.05) is 30.0 Å². The van der Waals surface area contributed by atoms with Gasteiger partial charge in [-0.05, 0) is 48.0 Å². The first-order valence-corrected chi connectivity index (χ1v) is 10.9. The molecule has 7 nitrogen and oxygen atoms in total. The number of carbonyl (C=O) groups excluding carboxylic acids is 1. The van der Waals surface area contributed by atoms with Crippen molar-refractivity contribution in [2.75, 3.05) is 17.2 Å². The number of H-pyrrole nitrogens is 1. The molecule has 0 unspecified atom stereocenters. The highest BCUT2D eigenvalue weighted by molar-refractivity contribution is 6.33. The number of nitrogens with two attached hydrogens (primary N) is 1. The Kier molecular flexibility index (Phi) is 5.33. The van der Waals surface area contributed by atoms with Gasteiger partial charge in [-0.25, -0.2) is 0 Å². The summed E-state index contributed by atoms with van der Waals surface area (Å²) in [4.78, 5) is 14.6. The molecule has 2 heterocycles. The van der Waals surface area contributed by atoms with Crippen molar-refractivity contribution >= 4 is 51.5 Å². The van der Waals surface area contributed by atoms with E-state index in [2.05, 4.69) is 16.3 Å². The van der Waals surface area contributed by atoms with Crippen molar-refractivity contribution in [1.82, 2.24) is 10.2 Å². The second-order valence-electron chi connectivity index (χ2n) is 7.76. The summed E-state index contributed by atoms with van der Waals surface area (Å²) in [6.45, 7) is 0.499. The molecule has 9 heteroatoms. The second-order valence-corrected chi connectivity index (χ2v) is 8.58. The molecule has 1 aromatic heterocycles. The third-order valence-corrected chi connectivity index (χ3v) is 6.35. The molecule has 0 spiro atoms. The van der Waals surface area contributed by atoms with Gasteiger partial charge in [0.25, 0.3) is 0 Å². The van der Waals surface area contributed by atoms with E-state index in [1.54, 1.807) is 35.2 Å². The number of benzene rings is 3. The SMILES string of the molecule is N#Cc1cccc(Cl)c1Oc1cc([C@H]2CC(=O)N(c3ccc4[nH]nc(N)c4c3)C2)ccc1Cl. The molecule has 1 amide bonds. The standard InChI is InChI=1S/C24H17Cl2N5O2/c25-18-6-4-13(8-21(18)33-23-14(11-27)2-1-3-19(23)26)15-9-22(32)31(12-15)16-5-7-20-17(10-16)24(28)30-29-20/h1-8,10,15H,9,12H2,(H3,28,29,30)/t15-/m0/s1. The maximum atomic E-state index is 12.8. The average Bonchev–Trinajstić information content (AvgIpc) is 3.38. The molecule has 1 aliphatic rings. The Morgan fingerprint density at radius 1 is 1.15 bits per heavy atom. The largest absolute Gasteiger partial charge is 0.453 e. The van der Waals surface area contributed by atoms with Crippen LogP contribution in [0, 0.1) is 11.3 Å². The molecule has 0 aliphatic carbocycles. The van der Waals surface area contributed by atoms with Crippen LogP contribution >= 0.6 is 23.2 Å². The number of para-hydroxylation sites is 1. The number of ether oxygens (including phenoxy) is 1. The zero-order chi connectivity index (χ0) is 23.1. The van der Waals surface area contributed by atoms with Crippen LogP contribution in [0.5, 0.6) is 11.5 Å². The second kappa shape index (κ2) is 8.32. The number of carbonyl (C=O) groups is 1. The number of rotatable bonds is 4. The third-order valence-electron chi connectivity index (χ3n) is 5.74. The van der Waals surface area contributed by atoms with Crippen molar-refractivity contribution in [3.63, 3.8) is 0 Å². The van der Waals surface area contributed by atoms with Gasteiger partial charge in [-0.2, -0.15) is 10.4 Å². The third kappa shape index (κ3) is 3.84. The summed E-state index contributed by atoms with van der Waals surface area (Å²) in [5.74, 6) is 0.965. The predicted octanol–water partition coefficient (Wildman–Crippen LogP) is 5.64. The van der Waals surface area contributed by atoms with Crippen LogP contribution in [0.25, 0.3) is 10.9 Å². The van der Waals surface area contributed by atoms with E-state index in [-0.39, 0.29) is 17.6 Å². The molecule has 4 aromatic rings. The van der Waals surface area contributed by atoms with E-state index in [1.807, 2.05) is 24.3 Å². The van der Waals surface area contributed by atoms with Crippen LogP contribution in [-0.2, 0) is 4.79 Å². The highest BCUT2D eigenvalue weighted by Gasteiger charge is 2.32. The van der Waals surface area contributed by atoms with Crippen LogP contribution in [-0.4, -0.2) is 22.6 Å². The van der Waals surface area contributed by atoms with Gasteiger partial charge in [-0.3, -0.25) is 9.89 Å². The van der Waals surface area contributed by atoms with E-state index in [1.165, 1.54) is 0 Å². The number of aromatic nitrogens is 2. The number of fused-ring (bicyclic) bond motifs is 1. The number of anilines is 2. The maximum absolute atomic E-state index is 12.8. The molecule has 5 rings (SSSR count). The fourth-order valence-corrected chi connectivity index (χ4v) is 4.40. The molecule has 1 aliphatic heterocycles. The molecule has 1 atom stereocenters. The molecular weight excluding hydrogens is 461 g/mol. The Hall–Kier alpha value is -3.73. The lowest BCUT2D eigenvalue weighted by Gasteiger charge is -2.18. The summed E-state index contributed by atoms with van der Waals surface area (Å²) in [6.07, 6.45) is 0.343. The van der Waals surface area contributed by atoms with Crippen molar-refractivity contribution in [2.24, 2.45) is 0 Å². The van der Waals surface area contributed by atoms with Crippen molar-refractivity contribution in [3.05, 3.63) is 75.8 Å². The smallest absolute Gasteiger partial charge is 0.227 e. The lowest BCUT2D eigenvalue weighted by atomic mass is 9.98. The van der Waals surface area contributed by atoms with E-state index >= 15 is 0 Å². The first-order valence-electron chi connectivity index (χ1n) is 10.1. The Morgan fingerprint density at radius 3 is 2.82 bits per heavy atom. The number of aromatic amines is 1. The van der Waals surface area contributed by atoms with Gasteiger partial charge in [0.2, 0.25) is 5.91 Å². The van der Waals surface area contributed by atoms with Gasteiger partial charge in [0.05, 0.1) is 21.1 Å². The summed E-state index contributed by atoms with van der Waals surface area (Å²) in [5.41, 5.74) is 8.71. The Morgan fingerprint density at radius 2 is 2.00 bits per heavy atom. The Bertz CT molecular complexity index is 1440. The van der Waals surface area contributed by atoms with Gasteiger partial charge in [-0.1, -0.05) is 35.3 Å². The van der Waals surface area contributed by atoms with E-state index < -0.39 is 0 Å². The summed E-state index contributed by atoms with van der Waals surface area (Å²) >= 11 is 12.6. The summed E-state index contributed by atoms with van der Waals surface area (Å²) < 4.78 is 5.94. The van der Waals surface area contributed by atoms with E-state index in [0.29, 0.717) is 40.1 Å². The molecule has 0 radical (unpaired) electrons. The normalized spacial score (nSPS) is 15.7. The minimum Gasteiger partial charge on any atom is -0.453 e. The van der Waals surface area contributed by atoms with Crippen molar-refractivity contribution in [2.45, 2.75) is 12.3 Å². The van der Waals surface area contributed by atoms with E-state index in [0.717, 1.165) is 22.2 Å². The fraction of sp³-hybridized carbons (Fsp3) is 0.125. The van der Waals surface area contributed by atoms with Gasteiger partial charge in [-0.15, -0.1) is 0 Å². The van der Waals surface area contributed by atoms with E-state index in [9.17, 15) is 10.1 Å². The molecular formula is C24H17Cl2N5O2. The molecule has 3 N–H and O–H groups in total. The predicted molar refractivity (Wildman–Crippen MR) is 128 cm³/mol. The van der Waals surface area contributed by atoms with Crippen molar-refractivity contribution in [1.29, 1.82) is 5.26 Å². The minimum absolute atomic E-state index is 0.0108. The van der Waals surface area contributed by atoms with Crippen LogP contribution in [0.4, 0.5) is 11.5 Å². The van der Waals surface area contributed by atoms with Crippen LogP contribution in [0.2, 0.25) is 10.0 Å². The number of nitrogens with one attached hydrogen (secondary N) is 1. The van der Waals surface area contributed by atoms with E-state index in [4.69, 9.17) is 33.7 Å². The number of halogens is 2. The molecule has 3 aromatic carbocycles. The zero-order valence-electron chi connectivity index (χ0n) is 17.2. The van der Waals surface area contributed by atoms with Gasteiger partial charge < -0.3 is 15.4 Å². The number of nitrogen functional groups attached to an aromatic ring is 1. The van der Waals surface area contributed by atoms with Crippen LogP contribution in [0.15, 0.2) is 54.6 Å². The van der Waals surface area contributed by atoms with Crippen molar-refractivity contribution in [3.8, 4) is 17.6 Å². The molecule has 0 bridgehead atoms. The topological polar surface area (TPSA) is 108 Å². The van der Waals surface area contributed by atoms with Gasteiger partial charge in [0.1, 0.15) is 11.8 Å². The van der Waals surface area contributed by atoms with Gasteiger partial charge in [0.15, 0.2) is 11.6 Å². The van der Waals surface area contributed by atoms with Crippen LogP contribution in [0.3, 0.4) is 0 Å². The monoisotopic (exact) mass is 477 g/mol. The van der Waals surface area contributed by atoms with Crippen LogP contribution in [0.1, 0.15) is 23.5 Å². The molecule has 164 valence electrons. The Labute approximate surface area is 199 Å². The summed E-state index contributed by atoms with van der Waals surface area (Å²) in [5, 5.41) is 17.7. The first kappa shape index (κ1) is 21.1. The number of amides is 1. The summed E-state index contributed by atoms with van der Waals surface area (Å²) in [6, 6.07) is 18.0. The number of nitrogens with zero attached hydrogens (tertiary/aromatic N) is 3. The molecule has 33 heavy (non-hydrogen) atoms. The Balaban J connectivity index is 1.43. The lowest BCUT2D eigenvalue weighted by molar-refractivity contribution is -0.117. The lowest BCUT2D eigenvalue weighted by Crippen LogP contribution is -2.24. The quantitative estimate of drug-likeness (QED) is 0.395. The zero-order valence-corrected chi connectivity index (χ0v) is 18.7. The maximum Gasteiger partial charge on any atom is 0.227 e. The van der Waals surface area contributed by atoms with Crippen molar-refractivity contribution < 1.29 is 9.53 Å². The fourth-order valence-electron chi connectivity index (χ4n) is 4.03. The number of hydrogen-bond donors (Lipinski definition) is 2. The number of hydrogen-bond acceptors (Lipinski definition) is 5. The summed E-state index contributed by atoms with van der Waals surface area (Å²) in [7, 11) is 0. The van der Waals surface area contributed by atoms with Crippen LogP contribution < -0.4 is 15.4 Å².